The first-order chi connectivity index (χ1) is 16.0. The Bertz CT molecular complexity index is 1370. The molecule has 0 bridgehead atoms. The van der Waals surface area contributed by atoms with Gasteiger partial charge in [0.25, 0.3) is 0 Å². The van der Waals surface area contributed by atoms with Crippen LogP contribution in [0.5, 0.6) is 0 Å². The van der Waals surface area contributed by atoms with Gasteiger partial charge in [-0.3, -0.25) is 9.88 Å². The SMILES string of the molecule is CC(=NO)c1ccc2nnc(Cc3c(F)cc4ncc(CN5CCOCC5)cc4c3F)n2n1. The zero-order chi connectivity index (χ0) is 22.9. The fourth-order valence-electron chi connectivity index (χ4n) is 3.90. The Morgan fingerprint density at radius 2 is 2.00 bits per heavy atom. The van der Waals surface area contributed by atoms with Gasteiger partial charge in [-0.1, -0.05) is 5.16 Å². The van der Waals surface area contributed by atoms with E-state index < -0.39 is 11.6 Å². The topological polar surface area (TPSA) is 101 Å². The van der Waals surface area contributed by atoms with Crippen molar-refractivity contribution < 1.29 is 18.7 Å². The van der Waals surface area contributed by atoms with E-state index in [1.54, 1.807) is 31.3 Å². The first kappa shape index (κ1) is 21.3. The van der Waals surface area contributed by atoms with Crippen LogP contribution in [0.4, 0.5) is 8.78 Å². The zero-order valence-corrected chi connectivity index (χ0v) is 17.9. The lowest BCUT2D eigenvalue weighted by Gasteiger charge is -2.26. The molecule has 0 amide bonds. The van der Waals surface area contributed by atoms with Crippen LogP contribution >= 0.6 is 0 Å². The Labute approximate surface area is 187 Å². The van der Waals surface area contributed by atoms with Gasteiger partial charge in [-0.2, -0.15) is 9.61 Å². The number of fused-ring (bicyclic) bond motifs is 2. The standard InChI is InChI=1S/C22H21F2N7O2/c1-13(29-32)18-2-3-20-26-27-21(31(20)28-18)9-15-17(23)10-19-16(22(15)24)8-14(11-25-19)12-30-4-6-33-7-5-30/h2-3,8,10-11,32H,4-7,9,12H2,1H3. The molecule has 0 aliphatic carbocycles. The maximum absolute atomic E-state index is 15.5. The lowest BCUT2D eigenvalue weighted by Crippen LogP contribution is -2.35. The van der Waals surface area contributed by atoms with Crippen LogP contribution in [-0.2, 0) is 17.7 Å². The van der Waals surface area contributed by atoms with E-state index >= 15 is 4.39 Å². The molecular weight excluding hydrogens is 432 g/mol. The Morgan fingerprint density at radius 1 is 1.18 bits per heavy atom. The lowest BCUT2D eigenvalue weighted by molar-refractivity contribution is 0.0341. The van der Waals surface area contributed by atoms with Crippen molar-refractivity contribution in [3.63, 3.8) is 0 Å². The van der Waals surface area contributed by atoms with Gasteiger partial charge in [0.2, 0.25) is 0 Å². The van der Waals surface area contributed by atoms with Crippen molar-refractivity contribution in [2.75, 3.05) is 26.3 Å². The van der Waals surface area contributed by atoms with Crippen LogP contribution in [0.25, 0.3) is 16.6 Å². The van der Waals surface area contributed by atoms with Crippen molar-refractivity contribution in [2.24, 2.45) is 5.16 Å². The third-order valence-corrected chi connectivity index (χ3v) is 5.72. The van der Waals surface area contributed by atoms with Gasteiger partial charge in [0.1, 0.15) is 23.0 Å². The number of nitrogens with zero attached hydrogens (tertiary/aromatic N) is 7. The summed E-state index contributed by atoms with van der Waals surface area (Å²) in [5.74, 6) is -1.14. The second-order valence-electron chi connectivity index (χ2n) is 7.92. The maximum Gasteiger partial charge on any atom is 0.177 e. The third kappa shape index (κ3) is 4.12. The number of hydrogen-bond acceptors (Lipinski definition) is 8. The summed E-state index contributed by atoms with van der Waals surface area (Å²) in [6.07, 6.45) is 1.49. The van der Waals surface area contributed by atoms with E-state index in [0.717, 1.165) is 18.7 Å². The van der Waals surface area contributed by atoms with Crippen molar-refractivity contribution in [2.45, 2.75) is 19.9 Å². The van der Waals surface area contributed by atoms with Crippen LogP contribution in [0.3, 0.4) is 0 Å². The molecule has 170 valence electrons. The Hall–Kier alpha value is -3.57. The van der Waals surface area contributed by atoms with E-state index in [9.17, 15) is 4.39 Å². The molecule has 0 spiro atoms. The average molecular weight is 453 g/mol. The monoisotopic (exact) mass is 453 g/mol. The quantitative estimate of drug-likeness (QED) is 0.282. The number of rotatable bonds is 5. The van der Waals surface area contributed by atoms with Gasteiger partial charge in [0.15, 0.2) is 11.5 Å². The Kier molecular flexibility index (Phi) is 5.65. The normalized spacial score (nSPS) is 15.5. The number of halogens is 2. The molecule has 1 aliphatic heterocycles. The molecule has 0 unspecified atom stereocenters. The molecule has 1 aliphatic rings. The van der Waals surface area contributed by atoms with E-state index in [1.807, 2.05) is 0 Å². The van der Waals surface area contributed by atoms with Gasteiger partial charge in [-0.15, -0.1) is 10.2 Å². The highest BCUT2D eigenvalue weighted by Crippen LogP contribution is 2.26. The predicted octanol–water partition coefficient (Wildman–Crippen LogP) is 2.57. The van der Waals surface area contributed by atoms with Crippen LogP contribution in [0.1, 0.15) is 29.6 Å². The smallest absolute Gasteiger partial charge is 0.177 e. The number of morpholine rings is 1. The van der Waals surface area contributed by atoms with E-state index in [4.69, 9.17) is 9.94 Å². The summed E-state index contributed by atoms with van der Waals surface area (Å²) in [6, 6.07) is 6.22. The van der Waals surface area contributed by atoms with Crippen LogP contribution in [0.2, 0.25) is 0 Å². The van der Waals surface area contributed by atoms with Crippen molar-refractivity contribution in [1.29, 1.82) is 0 Å². The minimum atomic E-state index is -0.713. The van der Waals surface area contributed by atoms with Gasteiger partial charge in [0.05, 0.1) is 18.7 Å². The Balaban J connectivity index is 1.51. The molecule has 1 N–H and O–H groups in total. The molecule has 11 heteroatoms. The van der Waals surface area contributed by atoms with Crippen LogP contribution in [-0.4, -0.2) is 66.9 Å². The molecule has 9 nitrogen and oxygen atoms in total. The summed E-state index contributed by atoms with van der Waals surface area (Å²) < 4.78 is 37.1. The van der Waals surface area contributed by atoms with Gasteiger partial charge in [0, 0.05) is 49.3 Å². The fraction of sp³-hybridized carbons (Fsp3) is 0.318. The second kappa shape index (κ2) is 8.75. The number of pyridine rings is 1. The number of oxime groups is 1. The first-order valence-electron chi connectivity index (χ1n) is 10.5. The van der Waals surface area contributed by atoms with Crippen molar-refractivity contribution in [3.05, 3.63) is 64.7 Å². The molecule has 4 heterocycles. The summed E-state index contributed by atoms with van der Waals surface area (Å²) in [7, 11) is 0. The Morgan fingerprint density at radius 3 is 2.79 bits per heavy atom. The third-order valence-electron chi connectivity index (χ3n) is 5.72. The van der Waals surface area contributed by atoms with Crippen LogP contribution < -0.4 is 0 Å². The molecule has 1 saturated heterocycles. The first-order valence-corrected chi connectivity index (χ1v) is 10.5. The average Bonchev–Trinajstić information content (AvgIpc) is 3.24. The predicted molar refractivity (Wildman–Crippen MR) is 115 cm³/mol. The highest BCUT2D eigenvalue weighted by Gasteiger charge is 2.20. The molecule has 0 radical (unpaired) electrons. The summed E-state index contributed by atoms with van der Waals surface area (Å²) in [5.41, 5.74) is 2.05. The largest absolute Gasteiger partial charge is 0.411 e. The maximum atomic E-state index is 15.5. The molecule has 4 aromatic rings. The number of aromatic nitrogens is 5. The molecular formula is C22H21F2N7O2. The molecule has 0 saturated carbocycles. The molecule has 3 aromatic heterocycles. The van der Waals surface area contributed by atoms with Gasteiger partial charge >= 0.3 is 0 Å². The number of ether oxygens (including phenoxy) is 1. The molecule has 33 heavy (non-hydrogen) atoms. The minimum Gasteiger partial charge on any atom is -0.411 e. The highest BCUT2D eigenvalue weighted by atomic mass is 19.1. The van der Waals surface area contributed by atoms with Gasteiger partial charge < -0.3 is 9.94 Å². The van der Waals surface area contributed by atoms with Gasteiger partial charge in [-0.05, 0) is 30.7 Å². The van der Waals surface area contributed by atoms with Crippen LogP contribution in [0, 0.1) is 11.6 Å². The summed E-state index contributed by atoms with van der Waals surface area (Å²) in [6.45, 7) is 5.12. The van der Waals surface area contributed by atoms with E-state index in [1.165, 1.54) is 10.6 Å². The van der Waals surface area contributed by atoms with Crippen molar-refractivity contribution >= 4 is 22.3 Å². The van der Waals surface area contributed by atoms with E-state index in [2.05, 4.69) is 30.3 Å². The van der Waals surface area contributed by atoms with Gasteiger partial charge in [-0.25, -0.2) is 8.78 Å². The molecule has 1 aromatic carbocycles. The summed E-state index contributed by atoms with van der Waals surface area (Å²) in [4.78, 5) is 6.48. The highest BCUT2D eigenvalue weighted by molar-refractivity contribution is 5.96. The summed E-state index contributed by atoms with van der Waals surface area (Å²) in [5, 5.41) is 24.8. The van der Waals surface area contributed by atoms with E-state index in [-0.39, 0.29) is 28.7 Å². The molecule has 1 fully saturated rings. The van der Waals surface area contributed by atoms with E-state index in [0.29, 0.717) is 36.8 Å². The number of hydrogen-bond donors (Lipinski definition) is 1. The minimum absolute atomic E-state index is 0.137. The van der Waals surface area contributed by atoms with Crippen molar-refractivity contribution in [1.82, 2.24) is 29.7 Å². The van der Waals surface area contributed by atoms with Crippen LogP contribution in [0.15, 0.2) is 35.6 Å². The second-order valence-corrected chi connectivity index (χ2v) is 7.92. The fourth-order valence-corrected chi connectivity index (χ4v) is 3.90. The summed E-state index contributed by atoms with van der Waals surface area (Å²) >= 11 is 0. The molecule has 5 rings (SSSR count). The number of benzene rings is 1. The zero-order valence-electron chi connectivity index (χ0n) is 17.9. The lowest BCUT2D eigenvalue weighted by atomic mass is 10.0. The van der Waals surface area contributed by atoms with Crippen molar-refractivity contribution in [3.8, 4) is 0 Å². The molecule has 0 atom stereocenters.